The SMILES string of the molecule is CC(C)CN(C[C@@H](O)[C@H](Cc1ccccc1)NC(=O)O[C@H]1COC2OCCC21)S(=O)(=O)c1ccc2[nH]c(O)c(C=NCCN3CCOCC3)c2c1. The van der Waals surface area contributed by atoms with Gasteiger partial charge in [-0.3, -0.25) is 9.89 Å². The Bertz CT molecular complexity index is 1750. The molecule has 51 heavy (non-hydrogen) atoms. The summed E-state index contributed by atoms with van der Waals surface area (Å²) in [6.07, 6.45) is -0.343. The second kappa shape index (κ2) is 16.8. The molecule has 3 fully saturated rings. The van der Waals surface area contributed by atoms with Gasteiger partial charge in [-0.25, -0.2) is 13.2 Å². The minimum Gasteiger partial charge on any atom is -0.494 e. The lowest BCUT2D eigenvalue weighted by Gasteiger charge is -2.31. The molecule has 2 unspecified atom stereocenters. The molecular formula is C36H49N5O9S. The average molecular weight is 728 g/mol. The van der Waals surface area contributed by atoms with E-state index in [1.165, 1.54) is 16.4 Å². The van der Waals surface area contributed by atoms with Crippen molar-refractivity contribution in [1.29, 1.82) is 0 Å². The third-order valence-electron chi connectivity index (χ3n) is 9.57. The minimum absolute atomic E-state index is 0.00589. The standard InChI is InChI=1S/C36H49N5O9S/c1-24(2)21-41(22-32(42)31(18-25-6-4-3-5-7-25)39-36(44)50-33-23-49-35-27(33)10-15-48-35)51(45,46)26-8-9-30-28(19-26)29(34(43)38-30)20-37-11-12-40-13-16-47-17-14-40/h3-9,19-20,24,27,31-33,35,38,42-43H,10-18,21-23H2,1-2H3,(H,39,44)/t27?,31-,32+,33-,35?/m0/s1. The van der Waals surface area contributed by atoms with E-state index in [0.29, 0.717) is 42.8 Å². The Morgan fingerprint density at radius 2 is 1.92 bits per heavy atom. The molecule has 0 saturated carbocycles. The molecule has 278 valence electrons. The Morgan fingerprint density at radius 1 is 1.14 bits per heavy atom. The molecule has 0 bridgehead atoms. The number of fused-ring (bicyclic) bond motifs is 2. The van der Waals surface area contributed by atoms with Crippen LogP contribution in [0.1, 0.15) is 31.4 Å². The Kier molecular flexibility index (Phi) is 12.3. The first kappa shape index (κ1) is 37.2. The lowest BCUT2D eigenvalue weighted by molar-refractivity contribution is -0.0907. The number of carbonyl (C=O) groups is 1. The molecule has 3 aliphatic rings. The maximum atomic E-state index is 14.3. The average Bonchev–Trinajstić information content (AvgIpc) is 3.82. The van der Waals surface area contributed by atoms with Gasteiger partial charge in [0.15, 0.2) is 12.2 Å². The monoisotopic (exact) mass is 727 g/mol. The zero-order valence-electron chi connectivity index (χ0n) is 29.1. The number of hydrogen-bond donors (Lipinski definition) is 4. The first-order chi connectivity index (χ1) is 24.6. The van der Waals surface area contributed by atoms with E-state index in [1.807, 2.05) is 44.2 Å². The van der Waals surface area contributed by atoms with E-state index in [1.54, 1.807) is 12.3 Å². The Labute approximate surface area is 298 Å². The van der Waals surface area contributed by atoms with Gasteiger partial charge in [-0.1, -0.05) is 44.2 Å². The fourth-order valence-electron chi connectivity index (χ4n) is 6.83. The number of aliphatic hydroxyl groups excluding tert-OH is 1. The third-order valence-corrected chi connectivity index (χ3v) is 11.4. The molecule has 4 N–H and O–H groups in total. The lowest BCUT2D eigenvalue weighted by atomic mass is 10.0. The highest BCUT2D eigenvalue weighted by atomic mass is 32.2. The number of H-pyrrole nitrogens is 1. The highest BCUT2D eigenvalue weighted by Gasteiger charge is 2.44. The first-order valence-electron chi connectivity index (χ1n) is 17.7. The van der Waals surface area contributed by atoms with Gasteiger partial charge in [0.05, 0.1) is 61.5 Å². The molecule has 5 atom stereocenters. The number of alkyl carbamates (subject to hydrolysis) is 1. The van der Waals surface area contributed by atoms with Gasteiger partial charge < -0.3 is 39.5 Å². The van der Waals surface area contributed by atoms with Crippen molar-refractivity contribution in [2.75, 3.05) is 65.7 Å². The number of benzene rings is 2. The van der Waals surface area contributed by atoms with Gasteiger partial charge in [-0.2, -0.15) is 4.31 Å². The highest BCUT2D eigenvalue weighted by molar-refractivity contribution is 7.89. The fraction of sp³-hybridized carbons (Fsp3) is 0.556. The summed E-state index contributed by atoms with van der Waals surface area (Å²) in [5.74, 6) is -0.234. The van der Waals surface area contributed by atoms with Gasteiger partial charge in [0.1, 0.15) is 6.10 Å². The quantitative estimate of drug-likeness (QED) is 0.171. The molecule has 1 aromatic heterocycles. The van der Waals surface area contributed by atoms with Crippen LogP contribution in [0.3, 0.4) is 0 Å². The van der Waals surface area contributed by atoms with Gasteiger partial charge in [-0.15, -0.1) is 0 Å². The first-order valence-corrected chi connectivity index (χ1v) is 19.1. The lowest BCUT2D eigenvalue weighted by Crippen LogP contribution is -2.51. The van der Waals surface area contributed by atoms with Crippen molar-refractivity contribution in [2.45, 2.75) is 56.1 Å². The number of aromatic nitrogens is 1. The van der Waals surface area contributed by atoms with Crippen LogP contribution in [0.4, 0.5) is 4.79 Å². The normalized spacial score (nSPS) is 22.6. The van der Waals surface area contributed by atoms with Crippen molar-refractivity contribution in [3.05, 3.63) is 59.7 Å². The molecule has 3 aliphatic heterocycles. The van der Waals surface area contributed by atoms with Crippen LogP contribution in [0.25, 0.3) is 10.9 Å². The summed E-state index contributed by atoms with van der Waals surface area (Å²) < 4.78 is 52.1. The van der Waals surface area contributed by atoms with E-state index >= 15 is 0 Å². The molecule has 15 heteroatoms. The molecule has 14 nitrogen and oxygen atoms in total. The number of ether oxygens (including phenoxy) is 4. The number of carbonyl (C=O) groups excluding carboxylic acids is 1. The summed E-state index contributed by atoms with van der Waals surface area (Å²) in [5.41, 5.74) is 1.81. The van der Waals surface area contributed by atoms with Crippen LogP contribution in [0.5, 0.6) is 5.88 Å². The fourth-order valence-corrected chi connectivity index (χ4v) is 8.48. The van der Waals surface area contributed by atoms with Crippen LogP contribution in [-0.4, -0.2) is 135 Å². The molecule has 6 rings (SSSR count). The van der Waals surface area contributed by atoms with Crippen molar-refractivity contribution >= 4 is 33.2 Å². The van der Waals surface area contributed by atoms with Crippen molar-refractivity contribution < 1.29 is 42.4 Å². The summed E-state index contributed by atoms with van der Waals surface area (Å²) in [4.78, 5) is 22.9. The van der Waals surface area contributed by atoms with E-state index < -0.39 is 34.4 Å². The topological polar surface area (TPSA) is 175 Å². The van der Waals surface area contributed by atoms with Crippen molar-refractivity contribution in [1.82, 2.24) is 19.5 Å². The summed E-state index contributed by atoms with van der Waals surface area (Å²) >= 11 is 0. The van der Waals surface area contributed by atoms with Gasteiger partial charge in [0.25, 0.3) is 0 Å². The molecule has 3 aromatic rings. The smallest absolute Gasteiger partial charge is 0.407 e. The number of nitrogens with one attached hydrogen (secondary N) is 2. The number of aromatic amines is 1. The summed E-state index contributed by atoms with van der Waals surface area (Å²) in [7, 11) is -4.15. The number of aliphatic hydroxyl groups is 1. The largest absolute Gasteiger partial charge is 0.494 e. The molecular weight excluding hydrogens is 678 g/mol. The molecule has 1 amide bonds. The number of aromatic hydroxyl groups is 1. The number of hydrogen-bond acceptors (Lipinski definition) is 11. The predicted molar refractivity (Wildman–Crippen MR) is 190 cm³/mol. The van der Waals surface area contributed by atoms with E-state index in [9.17, 15) is 23.4 Å². The van der Waals surface area contributed by atoms with Gasteiger partial charge in [0.2, 0.25) is 10.0 Å². The summed E-state index contributed by atoms with van der Waals surface area (Å²) in [6, 6.07) is 13.1. The zero-order chi connectivity index (χ0) is 36.0. The van der Waals surface area contributed by atoms with Gasteiger partial charge in [0, 0.05) is 49.8 Å². The van der Waals surface area contributed by atoms with Crippen LogP contribution < -0.4 is 5.32 Å². The van der Waals surface area contributed by atoms with Crippen molar-refractivity contribution in [3.63, 3.8) is 0 Å². The van der Waals surface area contributed by atoms with E-state index in [-0.39, 0.29) is 55.0 Å². The molecule has 0 aliphatic carbocycles. The molecule has 0 spiro atoms. The van der Waals surface area contributed by atoms with E-state index in [4.69, 9.17) is 18.9 Å². The van der Waals surface area contributed by atoms with Crippen molar-refractivity contribution in [2.24, 2.45) is 16.8 Å². The predicted octanol–water partition coefficient (Wildman–Crippen LogP) is 2.73. The number of sulfonamides is 1. The summed E-state index contributed by atoms with van der Waals surface area (Å²) in [6.45, 7) is 8.73. The number of nitrogens with zero attached hydrogens (tertiary/aromatic N) is 3. The van der Waals surface area contributed by atoms with Crippen LogP contribution in [0.15, 0.2) is 58.4 Å². The molecule has 2 aromatic carbocycles. The van der Waals surface area contributed by atoms with Crippen LogP contribution >= 0.6 is 0 Å². The number of amides is 1. The van der Waals surface area contributed by atoms with E-state index in [0.717, 1.165) is 31.6 Å². The van der Waals surface area contributed by atoms with Crippen LogP contribution in [0.2, 0.25) is 0 Å². The minimum atomic E-state index is -4.15. The highest BCUT2D eigenvalue weighted by Crippen LogP contribution is 2.33. The van der Waals surface area contributed by atoms with Crippen molar-refractivity contribution in [3.8, 4) is 5.88 Å². The molecule has 0 radical (unpaired) electrons. The molecule has 3 saturated heterocycles. The Hall–Kier alpha value is -3.57. The Morgan fingerprint density at radius 3 is 2.69 bits per heavy atom. The number of morpholine rings is 1. The zero-order valence-corrected chi connectivity index (χ0v) is 30.0. The second-order valence-electron chi connectivity index (χ2n) is 13.8. The molecule has 4 heterocycles. The van der Waals surface area contributed by atoms with E-state index in [2.05, 4.69) is 20.2 Å². The number of rotatable bonds is 15. The van der Waals surface area contributed by atoms with Crippen LogP contribution in [0, 0.1) is 11.8 Å². The Balaban J connectivity index is 1.19. The summed E-state index contributed by atoms with van der Waals surface area (Å²) in [5, 5.41) is 25.7. The maximum Gasteiger partial charge on any atom is 0.407 e. The maximum absolute atomic E-state index is 14.3. The van der Waals surface area contributed by atoms with Crippen LogP contribution in [-0.2, 0) is 35.4 Å². The van der Waals surface area contributed by atoms with Gasteiger partial charge in [-0.05, 0) is 42.5 Å². The second-order valence-corrected chi connectivity index (χ2v) is 15.7. The van der Waals surface area contributed by atoms with Gasteiger partial charge >= 0.3 is 6.09 Å². The third kappa shape index (κ3) is 9.27. The number of aliphatic imine (C=N–C) groups is 1.